The van der Waals surface area contributed by atoms with E-state index < -0.39 is 22.6 Å². The number of likely N-dealkylation sites (tertiary alicyclic amines) is 1. The average Bonchev–Trinajstić information content (AvgIpc) is 3.21. The number of hydrogen-bond acceptors (Lipinski definition) is 5. The Morgan fingerprint density at radius 3 is 2.49 bits per heavy atom. The highest BCUT2D eigenvalue weighted by molar-refractivity contribution is 8.02. The second kappa shape index (κ2) is 11.0. The fourth-order valence-electron chi connectivity index (χ4n) is 6.41. The zero-order chi connectivity index (χ0) is 26.0. The van der Waals surface area contributed by atoms with Crippen LogP contribution in [0.25, 0.3) is 0 Å². The molecule has 3 amide bonds. The number of nitrogens with zero attached hydrogens (tertiary/aromatic N) is 3. The van der Waals surface area contributed by atoms with Crippen molar-refractivity contribution in [2.45, 2.75) is 55.1 Å². The smallest absolute Gasteiger partial charge is 0.247 e. The predicted octanol–water partition coefficient (Wildman–Crippen LogP) is 3.25. The van der Waals surface area contributed by atoms with Crippen LogP contribution in [0, 0.1) is 11.8 Å². The monoisotopic (exact) mass is 523 g/mol. The van der Waals surface area contributed by atoms with E-state index in [1.165, 1.54) is 0 Å². The standard InChI is InChI=1S/C29H37N3O4S/c1-2-3-7-16-30-17-11-15-29-24(27(35)32(18-8-9-20-33)25(29)28(30)36)23-22(37-29)14-10-19-31(26(23)34)21-12-5-4-6-13-21/h4-6,10-15,22-25,33H,2-3,7-9,16-20H2,1H3/t22-,23+,24-,25?,29-/m0/s1. The Balaban J connectivity index is 1.53. The highest BCUT2D eigenvalue weighted by atomic mass is 32.2. The average molecular weight is 524 g/mol. The maximum atomic E-state index is 14.2. The highest BCUT2D eigenvalue weighted by Gasteiger charge is 2.70. The van der Waals surface area contributed by atoms with Crippen molar-refractivity contribution >= 4 is 35.2 Å². The van der Waals surface area contributed by atoms with Gasteiger partial charge in [0.05, 0.1) is 16.6 Å². The van der Waals surface area contributed by atoms with Gasteiger partial charge in [-0.3, -0.25) is 14.4 Å². The van der Waals surface area contributed by atoms with Crippen LogP contribution in [-0.4, -0.2) is 81.5 Å². The van der Waals surface area contributed by atoms with E-state index in [9.17, 15) is 19.5 Å². The molecule has 7 nitrogen and oxygen atoms in total. The van der Waals surface area contributed by atoms with Crippen LogP contribution in [0.1, 0.15) is 39.0 Å². The van der Waals surface area contributed by atoms with E-state index in [2.05, 4.69) is 19.1 Å². The summed E-state index contributed by atoms with van der Waals surface area (Å²) >= 11 is 1.62. The van der Waals surface area contributed by atoms with Gasteiger partial charge in [-0.2, -0.15) is 0 Å². The van der Waals surface area contributed by atoms with Crippen molar-refractivity contribution in [3.8, 4) is 0 Å². The molecule has 1 aromatic carbocycles. The first-order valence-corrected chi connectivity index (χ1v) is 14.5. The number of para-hydroxylation sites is 1. The van der Waals surface area contributed by atoms with Crippen LogP contribution < -0.4 is 4.90 Å². The molecule has 0 radical (unpaired) electrons. The zero-order valence-electron chi connectivity index (χ0n) is 21.5. The first kappa shape index (κ1) is 26.0. The normalized spacial score (nSPS) is 30.9. The van der Waals surface area contributed by atoms with E-state index >= 15 is 0 Å². The van der Waals surface area contributed by atoms with Crippen molar-refractivity contribution in [3.63, 3.8) is 0 Å². The fourth-order valence-corrected chi connectivity index (χ4v) is 8.42. The Kier molecular flexibility index (Phi) is 7.77. The second-order valence-electron chi connectivity index (χ2n) is 10.4. The highest BCUT2D eigenvalue weighted by Crippen LogP contribution is 2.61. The third kappa shape index (κ3) is 4.52. The van der Waals surface area contributed by atoms with Gasteiger partial charge in [0.2, 0.25) is 17.7 Å². The van der Waals surface area contributed by atoms with Crippen LogP contribution in [0.3, 0.4) is 0 Å². The predicted molar refractivity (Wildman–Crippen MR) is 146 cm³/mol. The molecule has 0 aliphatic carbocycles. The number of carbonyl (C=O) groups is 3. The number of hydrogen-bond donors (Lipinski definition) is 1. The lowest BCUT2D eigenvalue weighted by molar-refractivity contribution is -0.142. The molecule has 0 bridgehead atoms. The molecule has 0 aromatic heterocycles. The third-order valence-electron chi connectivity index (χ3n) is 8.15. The van der Waals surface area contributed by atoms with Crippen molar-refractivity contribution < 1.29 is 19.5 Å². The van der Waals surface area contributed by atoms with Crippen molar-refractivity contribution in [3.05, 3.63) is 54.6 Å². The number of benzene rings is 1. The molecule has 1 spiro atoms. The number of amides is 3. The van der Waals surface area contributed by atoms with E-state index in [1.807, 2.05) is 47.4 Å². The molecule has 1 unspecified atom stereocenters. The van der Waals surface area contributed by atoms with Crippen LogP contribution >= 0.6 is 11.8 Å². The first-order chi connectivity index (χ1) is 18.0. The van der Waals surface area contributed by atoms with Gasteiger partial charge in [0.1, 0.15) is 6.04 Å². The molecule has 5 atom stereocenters. The first-order valence-electron chi connectivity index (χ1n) is 13.6. The maximum absolute atomic E-state index is 14.2. The second-order valence-corrected chi connectivity index (χ2v) is 11.9. The molecule has 2 saturated heterocycles. The fraction of sp³-hybridized carbons (Fsp3) is 0.552. The summed E-state index contributed by atoms with van der Waals surface area (Å²) in [5.41, 5.74) is 0.820. The molecule has 4 heterocycles. The van der Waals surface area contributed by atoms with Gasteiger partial charge in [0.15, 0.2) is 0 Å². The molecular formula is C29H37N3O4S. The summed E-state index contributed by atoms with van der Waals surface area (Å²) < 4.78 is -0.776. The zero-order valence-corrected chi connectivity index (χ0v) is 22.3. The van der Waals surface area contributed by atoms with Gasteiger partial charge in [-0.1, -0.05) is 62.3 Å². The molecule has 1 aromatic rings. The Morgan fingerprint density at radius 1 is 0.946 bits per heavy atom. The summed E-state index contributed by atoms with van der Waals surface area (Å²) in [6.45, 7) is 4.27. The van der Waals surface area contributed by atoms with Gasteiger partial charge in [0, 0.05) is 43.7 Å². The molecule has 37 heavy (non-hydrogen) atoms. The minimum Gasteiger partial charge on any atom is -0.396 e. The SMILES string of the molecule is CCCCCN1CC=C[C@]23S[C@H]4C=CCN(c5ccccc5)C(=O)[C@H]4[C@H]2C(=O)N(CCCCO)C3C1=O. The lowest BCUT2D eigenvalue weighted by Gasteiger charge is -2.35. The topological polar surface area (TPSA) is 81.2 Å². The van der Waals surface area contributed by atoms with Crippen LogP contribution in [0.2, 0.25) is 0 Å². The minimum atomic E-state index is -0.776. The number of carbonyl (C=O) groups excluding carboxylic acids is 3. The van der Waals surface area contributed by atoms with E-state index in [0.29, 0.717) is 39.0 Å². The van der Waals surface area contributed by atoms with Gasteiger partial charge in [0.25, 0.3) is 0 Å². The van der Waals surface area contributed by atoms with Gasteiger partial charge in [-0.05, 0) is 31.4 Å². The molecule has 0 saturated carbocycles. The number of rotatable bonds is 9. The number of anilines is 1. The van der Waals surface area contributed by atoms with Crippen LogP contribution in [-0.2, 0) is 14.4 Å². The lowest BCUT2D eigenvalue weighted by Crippen LogP contribution is -2.53. The Hall–Kier alpha value is -2.58. The summed E-state index contributed by atoms with van der Waals surface area (Å²) in [6, 6.07) is 8.97. The Morgan fingerprint density at radius 2 is 1.73 bits per heavy atom. The van der Waals surface area contributed by atoms with E-state index in [1.54, 1.807) is 21.6 Å². The van der Waals surface area contributed by atoms with E-state index in [0.717, 1.165) is 24.9 Å². The molecule has 4 aliphatic heterocycles. The largest absolute Gasteiger partial charge is 0.396 e. The number of aliphatic hydroxyl groups is 1. The van der Waals surface area contributed by atoms with Crippen LogP contribution in [0.15, 0.2) is 54.6 Å². The van der Waals surface area contributed by atoms with E-state index in [4.69, 9.17) is 0 Å². The van der Waals surface area contributed by atoms with Crippen LogP contribution in [0.5, 0.6) is 0 Å². The van der Waals surface area contributed by atoms with Crippen LogP contribution in [0.4, 0.5) is 5.69 Å². The maximum Gasteiger partial charge on any atom is 0.247 e. The molecule has 1 N–H and O–H groups in total. The summed E-state index contributed by atoms with van der Waals surface area (Å²) in [5.74, 6) is -1.30. The van der Waals surface area contributed by atoms with Crippen molar-refractivity contribution in [2.24, 2.45) is 11.8 Å². The van der Waals surface area contributed by atoms with Gasteiger partial charge in [-0.25, -0.2) is 0 Å². The molecule has 2 fully saturated rings. The molecular weight excluding hydrogens is 486 g/mol. The lowest BCUT2D eigenvalue weighted by atomic mass is 9.78. The number of unbranched alkanes of at least 4 members (excludes halogenated alkanes) is 3. The number of thioether (sulfide) groups is 1. The molecule has 4 aliphatic rings. The van der Waals surface area contributed by atoms with Crippen molar-refractivity contribution in [1.82, 2.24) is 9.80 Å². The number of fused-ring (bicyclic) bond motifs is 2. The Bertz CT molecular complexity index is 1080. The van der Waals surface area contributed by atoms with Gasteiger partial charge in [-0.15, -0.1) is 11.8 Å². The van der Waals surface area contributed by atoms with Gasteiger partial charge >= 0.3 is 0 Å². The molecule has 8 heteroatoms. The Labute approximate surface area is 223 Å². The summed E-state index contributed by atoms with van der Waals surface area (Å²) in [4.78, 5) is 47.8. The minimum absolute atomic E-state index is 0.0127. The molecule has 5 rings (SSSR count). The van der Waals surface area contributed by atoms with E-state index in [-0.39, 0.29) is 29.6 Å². The van der Waals surface area contributed by atoms with Gasteiger partial charge < -0.3 is 19.8 Å². The summed E-state index contributed by atoms with van der Waals surface area (Å²) in [7, 11) is 0. The summed E-state index contributed by atoms with van der Waals surface area (Å²) in [6.07, 6.45) is 12.5. The van der Waals surface area contributed by atoms with Crippen molar-refractivity contribution in [1.29, 1.82) is 0 Å². The quantitative estimate of drug-likeness (QED) is 0.397. The molecule has 198 valence electrons. The third-order valence-corrected chi connectivity index (χ3v) is 9.89. The summed E-state index contributed by atoms with van der Waals surface area (Å²) in [5, 5.41) is 9.20. The number of aliphatic hydroxyl groups excluding tert-OH is 1. The van der Waals surface area contributed by atoms with Crippen molar-refractivity contribution in [2.75, 3.05) is 37.7 Å².